The van der Waals surface area contributed by atoms with Crippen LogP contribution in [0.15, 0.2) is 0 Å². The number of rotatable bonds is 8. The summed E-state index contributed by atoms with van der Waals surface area (Å²) >= 11 is 0. The number of β-amino-alcohol motifs (C(OH)–C–C–N with tert-alkyl or cyclic N) is 1. The Morgan fingerprint density at radius 2 is 2.00 bits per heavy atom. The number of likely N-dealkylation sites (tertiary alicyclic amines) is 1. The van der Waals surface area contributed by atoms with E-state index in [1.54, 1.807) is 0 Å². The second-order valence-corrected chi connectivity index (χ2v) is 7.45. The molecule has 1 heterocycles. The normalized spacial score (nSPS) is 23.0. The van der Waals surface area contributed by atoms with E-state index in [1.807, 2.05) is 0 Å². The van der Waals surface area contributed by atoms with E-state index >= 15 is 0 Å². The quantitative estimate of drug-likeness (QED) is 0.642. The van der Waals surface area contributed by atoms with E-state index in [0.717, 1.165) is 25.6 Å². The molecule has 5 heteroatoms. The molecule has 0 radical (unpaired) electrons. The second kappa shape index (κ2) is 8.16. The lowest BCUT2D eigenvalue weighted by atomic mass is 9.99. The van der Waals surface area contributed by atoms with Gasteiger partial charge in [-0.3, -0.25) is 0 Å². The number of amides is 2. The van der Waals surface area contributed by atoms with Crippen molar-refractivity contribution in [3.63, 3.8) is 0 Å². The molecule has 2 amide bonds. The second-order valence-electron chi connectivity index (χ2n) is 7.45. The van der Waals surface area contributed by atoms with Crippen molar-refractivity contribution >= 4 is 6.03 Å². The molecule has 1 atom stereocenters. The fourth-order valence-electron chi connectivity index (χ4n) is 3.37. The van der Waals surface area contributed by atoms with E-state index in [-0.39, 0.29) is 6.03 Å². The first-order valence-electron chi connectivity index (χ1n) is 8.95. The molecule has 0 spiro atoms. The molecule has 0 bridgehead atoms. The van der Waals surface area contributed by atoms with Crippen LogP contribution >= 0.6 is 0 Å². The van der Waals surface area contributed by atoms with Crippen LogP contribution in [-0.2, 0) is 0 Å². The van der Waals surface area contributed by atoms with Crippen LogP contribution in [0.3, 0.4) is 0 Å². The number of aliphatic hydroxyl groups excluding tert-OH is 1. The highest BCUT2D eigenvalue weighted by Gasteiger charge is 2.41. The average Bonchev–Trinajstić information content (AvgIpc) is 3.26. The van der Waals surface area contributed by atoms with Crippen LogP contribution in [0.25, 0.3) is 0 Å². The minimum atomic E-state index is -0.482. The molecule has 3 N–H and O–H groups in total. The number of nitrogens with zero attached hydrogens (tertiary/aromatic N) is 1. The highest BCUT2D eigenvalue weighted by molar-refractivity contribution is 5.73. The number of aliphatic hydroxyl groups is 1. The van der Waals surface area contributed by atoms with Crippen molar-refractivity contribution in [2.24, 2.45) is 11.3 Å². The summed E-state index contributed by atoms with van der Waals surface area (Å²) in [6.07, 6.45) is 6.78. The van der Waals surface area contributed by atoms with Gasteiger partial charge in [-0.15, -0.1) is 0 Å². The maximum absolute atomic E-state index is 11.8. The largest absolute Gasteiger partial charge is 0.390 e. The first-order valence-corrected chi connectivity index (χ1v) is 8.95. The molecular formula is C17H33N3O2. The summed E-state index contributed by atoms with van der Waals surface area (Å²) in [5.74, 6) is 0.801. The number of urea groups is 1. The van der Waals surface area contributed by atoms with Crippen molar-refractivity contribution in [2.75, 3.05) is 32.7 Å². The molecule has 128 valence electrons. The van der Waals surface area contributed by atoms with Crippen LogP contribution in [0.1, 0.15) is 52.4 Å². The summed E-state index contributed by atoms with van der Waals surface area (Å²) in [5, 5.41) is 15.8. The summed E-state index contributed by atoms with van der Waals surface area (Å²) in [5.41, 5.74) is 0.370. The molecule has 5 nitrogen and oxygen atoms in total. The van der Waals surface area contributed by atoms with Gasteiger partial charge < -0.3 is 20.6 Å². The molecule has 22 heavy (non-hydrogen) atoms. The molecule has 1 saturated heterocycles. The van der Waals surface area contributed by atoms with Gasteiger partial charge >= 0.3 is 6.03 Å². The van der Waals surface area contributed by atoms with Gasteiger partial charge in [0.25, 0.3) is 0 Å². The van der Waals surface area contributed by atoms with Crippen molar-refractivity contribution in [3.05, 3.63) is 0 Å². The van der Waals surface area contributed by atoms with E-state index in [0.29, 0.717) is 18.5 Å². The maximum atomic E-state index is 11.8. The predicted molar refractivity (Wildman–Crippen MR) is 88.8 cm³/mol. The fourth-order valence-corrected chi connectivity index (χ4v) is 3.37. The summed E-state index contributed by atoms with van der Waals surface area (Å²) in [6, 6.07) is -0.145. The Bertz CT molecular complexity index is 350. The molecule has 2 fully saturated rings. The molecule has 1 aliphatic heterocycles. The van der Waals surface area contributed by atoms with Crippen LogP contribution in [0.5, 0.6) is 0 Å². The maximum Gasteiger partial charge on any atom is 0.314 e. The van der Waals surface area contributed by atoms with Gasteiger partial charge in [-0.2, -0.15) is 0 Å². The number of nitrogens with one attached hydrogen (secondary N) is 2. The van der Waals surface area contributed by atoms with Gasteiger partial charge in [0.2, 0.25) is 0 Å². The number of carbonyl (C=O) groups excluding carboxylic acids is 1. The first-order chi connectivity index (χ1) is 10.5. The zero-order chi connectivity index (χ0) is 16.0. The molecule has 0 aromatic heterocycles. The van der Waals surface area contributed by atoms with Gasteiger partial charge in [0.15, 0.2) is 0 Å². The predicted octanol–water partition coefficient (Wildman–Crippen LogP) is 1.96. The van der Waals surface area contributed by atoms with Gasteiger partial charge in [-0.1, -0.05) is 20.3 Å². The molecule has 2 aliphatic rings. The zero-order valence-corrected chi connectivity index (χ0v) is 14.2. The third-order valence-electron chi connectivity index (χ3n) is 5.20. The van der Waals surface area contributed by atoms with E-state index in [1.165, 1.54) is 38.5 Å². The topological polar surface area (TPSA) is 64.6 Å². The first kappa shape index (κ1) is 17.5. The molecule has 1 aliphatic carbocycles. The SMILES string of the molecule is CCCC1(CNC(=O)NCC(O)CN2CCC(C)CC2)CC1. The third kappa shape index (κ3) is 5.76. The Kier molecular flexibility index (Phi) is 6.50. The summed E-state index contributed by atoms with van der Waals surface area (Å²) in [6.45, 7) is 8.36. The van der Waals surface area contributed by atoms with E-state index in [4.69, 9.17) is 0 Å². The highest BCUT2D eigenvalue weighted by Crippen LogP contribution is 2.48. The minimum absolute atomic E-state index is 0.145. The third-order valence-corrected chi connectivity index (χ3v) is 5.20. The standard InChI is InChI=1S/C17H33N3O2/c1-3-6-17(7-8-17)13-19-16(22)18-11-15(21)12-20-9-4-14(2)5-10-20/h14-15,21H,3-13H2,1-2H3,(H2,18,19,22). The Morgan fingerprint density at radius 3 is 2.59 bits per heavy atom. The van der Waals surface area contributed by atoms with Crippen molar-refractivity contribution in [3.8, 4) is 0 Å². The van der Waals surface area contributed by atoms with Crippen LogP contribution in [0.4, 0.5) is 4.79 Å². The number of hydrogen-bond donors (Lipinski definition) is 3. The lowest BCUT2D eigenvalue weighted by molar-refractivity contribution is 0.0920. The number of hydrogen-bond acceptors (Lipinski definition) is 3. The monoisotopic (exact) mass is 311 g/mol. The Morgan fingerprint density at radius 1 is 1.32 bits per heavy atom. The molecule has 0 aromatic rings. The van der Waals surface area contributed by atoms with E-state index < -0.39 is 6.10 Å². The highest BCUT2D eigenvalue weighted by atomic mass is 16.3. The van der Waals surface area contributed by atoms with Crippen LogP contribution in [0.2, 0.25) is 0 Å². The van der Waals surface area contributed by atoms with Crippen LogP contribution in [-0.4, -0.2) is 54.9 Å². The smallest absolute Gasteiger partial charge is 0.314 e. The number of carbonyl (C=O) groups is 1. The Labute approximate surface area is 134 Å². The van der Waals surface area contributed by atoms with Crippen LogP contribution in [0, 0.1) is 11.3 Å². The van der Waals surface area contributed by atoms with Gasteiger partial charge in [0.05, 0.1) is 6.10 Å². The lowest BCUT2D eigenvalue weighted by Crippen LogP contribution is -2.46. The number of piperidine rings is 1. The summed E-state index contributed by atoms with van der Waals surface area (Å²) < 4.78 is 0. The molecule has 0 aromatic carbocycles. The van der Waals surface area contributed by atoms with Crippen molar-refractivity contribution in [2.45, 2.75) is 58.5 Å². The lowest BCUT2D eigenvalue weighted by Gasteiger charge is -2.31. The van der Waals surface area contributed by atoms with Gasteiger partial charge in [-0.05, 0) is 56.5 Å². The Hall–Kier alpha value is -0.810. The Balaban J connectivity index is 1.55. The van der Waals surface area contributed by atoms with Crippen molar-refractivity contribution in [1.29, 1.82) is 0 Å². The molecule has 2 rings (SSSR count). The molecule has 1 saturated carbocycles. The van der Waals surface area contributed by atoms with Gasteiger partial charge in [0.1, 0.15) is 0 Å². The van der Waals surface area contributed by atoms with Gasteiger partial charge in [0, 0.05) is 19.6 Å². The summed E-state index contributed by atoms with van der Waals surface area (Å²) in [4.78, 5) is 14.1. The molecule has 1 unspecified atom stereocenters. The van der Waals surface area contributed by atoms with Crippen molar-refractivity contribution < 1.29 is 9.90 Å². The summed E-state index contributed by atoms with van der Waals surface area (Å²) in [7, 11) is 0. The fraction of sp³-hybridized carbons (Fsp3) is 0.941. The van der Waals surface area contributed by atoms with Crippen LogP contribution < -0.4 is 10.6 Å². The average molecular weight is 311 g/mol. The molecular weight excluding hydrogens is 278 g/mol. The zero-order valence-electron chi connectivity index (χ0n) is 14.2. The van der Waals surface area contributed by atoms with Gasteiger partial charge in [-0.25, -0.2) is 4.79 Å². The van der Waals surface area contributed by atoms with E-state index in [2.05, 4.69) is 29.4 Å². The van der Waals surface area contributed by atoms with Crippen molar-refractivity contribution in [1.82, 2.24) is 15.5 Å². The minimum Gasteiger partial charge on any atom is -0.390 e. The van der Waals surface area contributed by atoms with E-state index in [9.17, 15) is 9.90 Å².